The van der Waals surface area contributed by atoms with E-state index < -0.39 is 0 Å². The molecular formula is C19H21N3O2S. The largest absolute Gasteiger partial charge is 0.441 e. The normalized spacial score (nSPS) is 10.8. The average molecular weight is 355 g/mol. The lowest BCUT2D eigenvalue weighted by Crippen LogP contribution is -2.12. The summed E-state index contributed by atoms with van der Waals surface area (Å²) >= 11 is 1.51. The Hall–Kier alpha value is -2.47. The van der Waals surface area contributed by atoms with Gasteiger partial charge in [0, 0.05) is 23.3 Å². The highest BCUT2D eigenvalue weighted by atomic mass is 32.1. The molecule has 0 atom stereocenters. The molecule has 0 aliphatic heterocycles. The average Bonchev–Trinajstić information content (AvgIpc) is 3.20. The number of rotatable bonds is 6. The maximum absolute atomic E-state index is 12.1. The van der Waals surface area contributed by atoms with Crippen LogP contribution in [0.3, 0.4) is 0 Å². The van der Waals surface area contributed by atoms with Crippen LogP contribution in [-0.2, 0) is 17.6 Å². The number of benzene rings is 1. The van der Waals surface area contributed by atoms with E-state index in [4.69, 9.17) is 4.42 Å². The second kappa shape index (κ2) is 7.61. The van der Waals surface area contributed by atoms with Gasteiger partial charge >= 0.3 is 0 Å². The molecule has 1 aromatic carbocycles. The molecule has 2 aromatic heterocycles. The Morgan fingerprint density at radius 2 is 2.00 bits per heavy atom. The van der Waals surface area contributed by atoms with Gasteiger partial charge in [0.05, 0.1) is 11.9 Å². The van der Waals surface area contributed by atoms with Gasteiger partial charge in [-0.25, -0.2) is 9.97 Å². The van der Waals surface area contributed by atoms with Crippen LogP contribution < -0.4 is 5.32 Å². The molecule has 3 aromatic rings. The van der Waals surface area contributed by atoms with E-state index in [1.807, 2.05) is 38.1 Å². The van der Waals surface area contributed by atoms with Crippen molar-refractivity contribution in [1.29, 1.82) is 0 Å². The minimum absolute atomic E-state index is 0.0773. The predicted octanol–water partition coefficient (Wildman–Crippen LogP) is 4.55. The first kappa shape index (κ1) is 17.4. The molecule has 5 nitrogen and oxygen atoms in total. The van der Waals surface area contributed by atoms with Crippen LogP contribution in [0.2, 0.25) is 0 Å². The number of carbonyl (C=O) groups excluding carboxylic acids is 1. The van der Waals surface area contributed by atoms with Crippen LogP contribution >= 0.6 is 11.3 Å². The van der Waals surface area contributed by atoms with E-state index in [0.29, 0.717) is 23.9 Å². The number of amides is 1. The molecule has 0 bridgehead atoms. The van der Waals surface area contributed by atoms with E-state index in [2.05, 4.69) is 22.2 Å². The molecule has 0 saturated heterocycles. The van der Waals surface area contributed by atoms with E-state index in [-0.39, 0.29) is 5.91 Å². The van der Waals surface area contributed by atoms with Crippen molar-refractivity contribution in [2.24, 2.45) is 0 Å². The van der Waals surface area contributed by atoms with Crippen LogP contribution in [-0.4, -0.2) is 15.9 Å². The number of aromatic nitrogens is 2. The zero-order valence-electron chi connectivity index (χ0n) is 14.6. The maximum Gasteiger partial charge on any atom is 0.226 e. The molecule has 0 spiro atoms. The number of hydrogen-bond acceptors (Lipinski definition) is 5. The van der Waals surface area contributed by atoms with Gasteiger partial charge in [0.2, 0.25) is 5.91 Å². The lowest BCUT2D eigenvalue weighted by Gasteiger charge is -2.00. The highest BCUT2D eigenvalue weighted by Gasteiger charge is 2.12. The van der Waals surface area contributed by atoms with Gasteiger partial charge < -0.3 is 9.73 Å². The van der Waals surface area contributed by atoms with E-state index in [1.165, 1.54) is 16.9 Å². The van der Waals surface area contributed by atoms with Crippen molar-refractivity contribution < 1.29 is 9.21 Å². The van der Waals surface area contributed by atoms with Gasteiger partial charge in [0.15, 0.2) is 16.8 Å². The van der Waals surface area contributed by atoms with Gasteiger partial charge in [-0.1, -0.05) is 36.8 Å². The first-order valence-corrected chi connectivity index (χ1v) is 9.14. The summed E-state index contributed by atoms with van der Waals surface area (Å²) in [5.41, 5.74) is 3.22. The Bertz CT molecular complexity index is 865. The lowest BCUT2D eigenvalue weighted by molar-refractivity contribution is -0.116. The second-order valence-corrected chi connectivity index (χ2v) is 7.11. The third kappa shape index (κ3) is 4.33. The minimum Gasteiger partial charge on any atom is -0.441 e. The molecule has 25 heavy (non-hydrogen) atoms. The highest BCUT2D eigenvalue weighted by Crippen LogP contribution is 2.23. The fraction of sp³-hybridized carbons (Fsp3) is 0.316. The molecule has 1 N–H and O–H groups in total. The van der Waals surface area contributed by atoms with Gasteiger partial charge in [-0.15, -0.1) is 11.3 Å². The van der Waals surface area contributed by atoms with Crippen LogP contribution in [0.5, 0.6) is 0 Å². The van der Waals surface area contributed by atoms with Crippen molar-refractivity contribution in [3.8, 4) is 11.3 Å². The molecule has 0 aliphatic carbocycles. The number of aryl methyl sites for hydroxylation is 4. The first-order valence-electron chi connectivity index (χ1n) is 8.33. The smallest absolute Gasteiger partial charge is 0.226 e. The summed E-state index contributed by atoms with van der Waals surface area (Å²) < 4.78 is 5.75. The number of nitrogens with zero attached hydrogens (tertiary/aromatic N) is 2. The van der Waals surface area contributed by atoms with Gasteiger partial charge in [-0.2, -0.15) is 0 Å². The third-order valence-corrected chi connectivity index (χ3v) is 4.86. The third-order valence-electron chi connectivity index (χ3n) is 3.93. The highest BCUT2D eigenvalue weighted by molar-refractivity contribution is 7.15. The number of hydrogen-bond donors (Lipinski definition) is 1. The molecule has 0 fully saturated rings. The fourth-order valence-corrected chi connectivity index (χ4v) is 3.41. The molecule has 6 heteroatoms. The fourth-order valence-electron chi connectivity index (χ4n) is 2.49. The topological polar surface area (TPSA) is 68.0 Å². The first-order chi connectivity index (χ1) is 12.0. The van der Waals surface area contributed by atoms with Crippen LogP contribution in [0.15, 0.2) is 34.9 Å². The number of anilines is 1. The van der Waals surface area contributed by atoms with Crippen molar-refractivity contribution in [3.63, 3.8) is 0 Å². The number of carbonyl (C=O) groups is 1. The molecule has 2 heterocycles. The van der Waals surface area contributed by atoms with Crippen molar-refractivity contribution in [2.75, 3.05) is 5.32 Å². The number of oxazole rings is 1. The molecule has 1 amide bonds. The Labute approximate surface area is 151 Å². The van der Waals surface area contributed by atoms with Crippen molar-refractivity contribution in [2.45, 2.75) is 40.0 Å². The zero-order valence-corrected chi connectivity index (χ0v) is 15.4. The van der Waals surface area contributed by atoms with Gasteiger partial charge in [0.1, 0.15) is 0 Å². The molecule has 130 valence electrons. The lowest BCUT2D eigenvalue weighted by atomic mass is 10.1. The predicted molar refractivity (Wildman–Crippen MR) is 99.9 cm³/mol. The monoisotopic (exact) mass is 355 g/mol. The van der Waals surface area contributed by atoms with E-state index in [0.717, 1.165) is 28.3 Å². The molecule has 0 aliphatic rings. The second-order valence-electron chi connectivity index (χ2n) is 5.91. The molecule has 0 radical (unpaired) electrons. The Morgan fingerprint density at radius 1 is 1.24 bits per heavy atom. The van der Waals surface area contributed by atoms with Crippen LogP contribution in [0.1, 0.15) is 35.4 Å². The summed E-state index contributed by atoms with van der Waals surface area (Å²) in [5, 5.41) is 3.51. The Morgan fingerprint density at radius 3 is 2.68 bits per heavy atom. The van der Waals surface area contributed by atoms with Crippen LogP contribution in [0, 0.1) is 13.8 Å². The van der Waals surface area contributed by atoms with Crippen molar-refractivity contribution in [3.05, 3.63) is 52.5 Å². The summed E-state index contributed by atoms with van der Waals surface area (Å²) in [5.74, 6) is 1.21. The maximum atomic E-state index is 12.1. The van der Waals surface area contributed by atoms with E-state index in [1.54, 1.807) is 6.20 Å². The number of nitrogens with one attached hydrogen (secondary N) is 1. The van der Waals surface area contributed by atoms with Crippen LogP contribution in [0.25, 0.3) is 11.3 Å². The van der Waals surface area contributed by atoms with Crippen molar-refractivity contribution >= 4 is 22.4 Å². The molecule has 0 unspecified atom stereocenters. The summed E-state index contributed by atoms with van der Waals surface area (Å²) in [6.45, 7) is 6.12. The minimum atomic E-state index is -0.0773. The quantitative estimate of drug-likeness (QED) is 0.704. The van der Waals surface area contributed by atoms with Gasteiger partial charge in [0.25, 0.3) is 0 Å². The van der Waals surface area contributed by atoms with E-state index in [9.17, 15) is 4.79 Å². The van der Waals surface area contributed by atoms with E-state index >= 15 is 0 Å². The summed E-state index contributed by atoms with van der Waals surface area (Å²) in [7, 11) is 0. The summed E-state index contributed by atoms with van der Waals surface area (Å²) in [6, 6.07) is 8.07. The molecular weight excluding hydrogens is 334 g/mol. The van der Waals surface area contributed by atoms with Gasteiger partial charge in [-0.05, 0) is 20.3 Å². The van der Waals surface area contributed by atoms with Gasteiger partial charge in [-0.3, -0.25) is 4.79 Å². The van der Waals surface area contributed by atoms with Crippen LogP contribution in [0.4, 0.5) is 5.13 Å². The standard InChI is InChI=1S/C19H21N3O2S/c1-4-15-13(3)25-19(21-15)22-17(23)9-10-18-20-11-16(24-18)14-7-5-12(2)6-8-14/h5-8,11H,4,9-10H2,1-3H3,(H,21,22,23). The zero-order chi connectivity index (χ0) is 17.8. The Balaban J connectivity index is 1.56. The number of thiazole rings is 1. The summed E-state index contributed by atoms with van der Waals surface area (Å²) in [4.78, 5) is 21.9. The molecule has 0 saturated carbocycles. The SMILES string of the molecule is CCc1nc(NC(=O)CCc2ncc(-c3ccc(C)cc3)o2)sc1C. The summed E-state index contributed by atoms with van der Waals surface area (Å²) in [6.07, 6.45) is 3.35. The molecule has 3 rings (SSSR count). The Kier molecular flexibility index (Phi) is 5.28. The van der Waals surface area contributed by atoms with Crippen molar-refractivity contribution in [1.82, 2.24) is 9.97 Å².